The molecule has 4 rings (SSSR count). The Balaban J connectivity index is 1.46. The van der Waals surface area contributed by atoms with Crippen molar-refractivity contribution in [3.8, 4) is 6.07 Å². The van der Waals surface area contributed by atoms with Gasteiger partial charge in [0.1, 0.15) is 17.6 Å². The second kappa shape index (κ2) is 10.1. The minimum absolute atomic E-state index is 0.117. The van der Waals surface area contributed by atoms with E-state index < -0.39 is 16.7 Å². The maximum absolute atomic E-state index is 13.6. The van der Waals surface area contributed by atoms with Gasteiger partial charge in [-0.15, -0.1) is 0 Å². The van der Waals surface area contributed by atoms with Gasteiger partial charge in [0.2, 0.25) is 0 Å². The molecule has 2 atom stereocenters. The van der Waals surface area contributed by atoms with E-state index in [2.05, 4.69) is 34.3 Å². The van der Waals surface area contributed by atoms with Crippen LogP contribution >= 0.6 is 0 Å². The van der Waals surface area contributed by atoms with Crippen LogP contribution in [-0.4, -0.2) is 16.5 Å². The Morgan fingerprint density at radius 2 is 2.12 bits per heavy atom. The third-order valence-electron chi connectivity index (χ3n) is 5.91. The van der Waals surface area contributed by atoms with Crippen LogP contribution in [-0.2, 0) is 30.8 Å². The summed E-state index contributed by atoms with van der Waals surface area (Å²) in [5.41, 5.74) is 2.95. The molecule has 0 spiro atoms. The first-order chi connectivity index (χ1) is 16.0. The van der Waals surface area contributed by atoms with Crippen LogP contribution in [0.1, 0.15) is 46.4 Å². The molecule has 0 saturated carbocycles. The van der Waals surface area contributed by atoms with E-state index in [9.17, 15) is 9.18 Å². The number of carbonyl (C=O) groups is 1. The zero-order valence-electron chi connectivity index (χ0n) is 18.4. The minimum Gasteiger partial charge on any atom is -0.345 e. The highest BCUT2D eigenvalue weighted by Crippen LogP contribution is 2.28. The van der Waals surface area contributed by atoms with E-state index in [1.165, 1.54) is 23.8 Å². The van der Waals surface area contributed by atoms with E-state index >= 15 is 0 Å². The lowest BCUT2D eigenvalue weighted by molar-refractivity contribution is 0.101. The maximum atomic E-state index is 13.6. The van der Waals surface area contributed by atoms with Gasteiger partial charge >= 0.3 is 0 Å². The lowest BCUT2D eigenvalue weighted by Gasteiger charge is -2.16. The topological polar surface area (TPSA) is 93.7 Å². The van der Waals surface area contributed by atoms with Gasteiger partial charge in [-0.1, -0.05) is 30.3 Å². The number of halogens is 1. The van der Waals surface area contributed by atoms with Crippen molar-refractivity contribution in [3.63, 3.8) is 0 Å². The molecule has 0 saturated heterocycles. The summed E-state index contributed by atoms with van der Waals surface area (Å²) in [4.78, 5) is 13.9. The summed E-state index contributed by atoms with van der Waals surface area (Å²) in [7, 11) is 0.880. The molecule has 3 aromatic rings. The molecule has 2 unspecified atom stereocenters. The average molecular weight is 464 g/mol. The molecular formula is C25H26FN5OS. The fourth-order valence-electron chi connectivity index (χ4n) is 4.25. The first kappa shape index (κ1) is 22.9. The van der Waals surface area contributed by atoms with Crippen molar-refractivity contribution in [1.82, 2.24) is 9.29 Å². The molecule has 0 fully saturated rings. The predicted molar refractivity (Wildman–Crippen MR) is 127 cm³/mol. The van der Waals surface area contributed by atoms with Gasteiger partial charge in [0.05, 0.1) is 10.5 Å². The highest BCUT2D eigenvalue weighted by molar-refractivity contribution is 7.84. The third-order valence-corrected chi connectivity index (χ3v) is 7.28. The van der Waals surface area contributed by atoms with Gasteiger partial charge in [-0.05, 0) is 72.3 Å². The zero-order valence-corrected chi connectivity index (χ0v) is 19.2. The highest BCUT2D eigenvalue weighted by atomic mass is 32.2. The summed E-state index contributed by atoms with van der Waals surface area (Å²) in [5.74, 6) is -0.945. The summed E-state index contributed by atoms with van der Waals surface area (Å²) in [5, 5.41) is 11.8. The van der Waals surface area contributed by atoms with Crippen LogP contribution in [0.2, 0.25) is 0 Å². The Bertz CT molecular complexity index is 1230. The second-order valence-electron chi connectivity index (χ2n) is 8.23. The fourth-order valence-corrected chi connectivity index (χ4v) is 5.65. The van der Waals surface area contributed by atoms with Gasteiger partial charge in [-0.25, -0.2) is 9.11 Å². The predicted octanol–water partition coefficient (Wildman–Crippen LogP) is 4.87. The number of aromatic nitrogens is 1. The molecule has 3 N–H and O–H groups in total. The molecule has 2 heterocycles. The van der Waals surface area contributed by atoms with Crippen LogP contribution in [0.4, 0.5) is 10.1 Å². The summed E-state index contributed by atoms with van der Waals surface area (Å²) in [6, 6.07) is 16.3. The first-order valence-electron chi connectivity index (χ1n) is 10.9. The largest absolute Gasteiger partial charge is 0.345 e. The van der Waals surface area contributed by atoms with Crippen LogP contribution in [0.3, 0.4) is 0 Å². The molecule has 1 aromatic heterocycles. The summed E-state index contributed by atoms with van der Waals surface area (Å²) in [6.45, 7) is 0. The van der Waals surface area contributed by atoms with Gasteiger partial charge in [0.15, 0.2) is 0 Å². The van der Waals surface area contributed by atoms with E-state index in [0.29, 0.717) is 17.8 Å². The number of hydrogen-bond acceptors (Lipinski definition) is 3. The number of carbonyl (C=O) groups excluding carboxylic acids is 1. The zero-order chi connectivity index (χ0) is 23.4. The van der Waals surface area contributed by atoms with Crippen molar-refractivity contribution in [1.29, 1.82) is 10.0 Å². The van der Waals surface area contributed by atoms with E-state index in [1.54, 1.807) is 17.7 Å². The quantitative estimate of drug-likeness (QED) is 0.487. The molecule has 0 bridgehead atoms. The molecule has 0 aliphatic carbocycles. The van der Waals surface area contributed by atoms with Crippen LogP contribution in [0.25, 0.3) is 0 Å². The number of hydrogen-bond donors (Lipinski definition) is 3. The van der Waals surface area contributed by atoms with Crippen molar-refractivity contribution in [2.75, 3.05) is 5.32 Å². The van der Waals surface area contributed by atoms with E-state index in [-0.39, 0.29) is 17.5 Å². The Kier molecular flexibility index (Phi) is 7.02. The van der Waals surface area contributed by atoms with Crippen molar-refractivity contribution >= 4 is 22.5 Å². The van der Waals surface area contributed by atoms with Gasteiger partial charge in [0, 0.05) is 25.0 Å². The summed E-state index contributed by atoms with van der Waals surface area (Å²) < 4.78 is 27.5. The number of aryl methyl sites for hydroxylation is 2. The number of rotatable bonds is 6. The Hall–Kier alpha value is -3.28. The molecule has 2 aromatic carbocycles. The van der Waals surface area contributed by atoms with Gasteiger partial charge < -0.3 is 9.88 Å². The van der Waals surface area contributed by atoms with Crippen molar-refractivity contribution < 1.29 is 9.18 Å². The number of fused-ring (bicyclic) bond motifs is 1. The van der Waals surface area contributed by atoms with Crippen LogP contribution in [0.15, 0.2) is 59.6 Å². The lowest BCUT2D eigenvalue weighted by Crippen LogP contribution is -2.29. The Morgan fingerprint density at radius 1 is 1.33 bits per heavy atom. The molecule has 6 nitrogen and oxygen atoms in total. The molecule has 8 heteroatoms. The number of nitrogens with one attached hydrogen (secondary N) is 3. The first-order valence-corrected chi connectivity index (χ1v) is 12.1. The number of anilines is 1. The molecule has 0 radical (unpaired) electrons. The minimum atomic E-state index is -0.915. The van der Waals surface area contributed by atoms with Gasteiger partial charge in [-0.3, -0.25) is 9.57 Å². The molecule has 170 valence electrons. The summed E-state index contributed by atoms with van der Waals surface area (Å²) in [6.07, 6.45) is 6.43. The highest BCUT2D eigenvalue weighted by Gasteiger charge is 2.27. The van der Waals surface area contributed by atoms with Crippen LogP contribution in [0, 0.1) is 21.9 Å². The number of benzene rings is 2. The lowest BCUT2D eigenvalue weighted by atomic mass is 9.99. The van der Waals surface area contributed by atoms with Crippen LogP contribution in [0.5, 0.6) is 0 Å². The Labute approximate surface area is 195 Å². The molecular weight excluding hydrogens is 437 g/mol. The molecule has 33 heavy (non-hydrogen) atoms. The van der Waals surface area contributed by atoms with E-state index in [1.807, 2.05) is 12.3 Å². The third kappa shape index (κ3) is 5.21. The van der Waals surface area contributed by atoms with E-state index in [4.69, 9.17) is 10.0 Å². The number of amides is 1. The summed E-state index contributed by atoms with van der Waals surface area (Å²) >= 11 is 0. The number of nitriles is 1. The van der Waals surface area contributed by atoms with Gasteiger partial charge in [-0.2, -0.15) is 5.26 Å². The average Bonchev–Trinajstić information content (AvgIpc) is 3.07. The van der Waals surface area contributed by atoms with Crippen molar-refractivity contribution in [2.24, 2.45) is 7.05 Å². The SMILES string of the molecule is Cn1cc2c(c1C(=O)Nc1ccc(F)c(C#N)c1)CCC(CCCc1ccccc1)NS2=N. The monoisotopic (exact) mass is 463 g/mol. The number of nitrogens with zero attached hydrogens (tertiary/aromatic N) is 2. The van der Waals surface area contributed by atoms with Crippen molar-refractivity contribution in [2.45, 2.75) is 43.0 Å². The second-order valence-corrected chi connectivity index (χ2v) is 9.52. The molecule has 1 aliphatic heterocycles. The maximum Gasteiger partial charge on any atom is 0.272 e. The van der Waals surface area contributed by atoms with Gasteiger partial charge in [0.25, 0.3) is 5.91 Å². The van der Waals surface area contributed by atoms with Crippen molar-refractivity contribution in [3.05, 3.63) is 82.9 Å². The smallest absolute Gasteiger partial charge is 0.272 e. The normalized spacial score (nSPS) is 17.6. The van der Waals surface area contributed by atoms with E-state index in [0.717, 1.165) is 36.1 Å². The standard InChI is InChI=1S/C25H26FN5OS/c1-31-16-23-21(24(31)25(32)29-20-11-13-22(26)18(14-20)15-27)12-10-19(30-33(23)28)9-5-8-17-6-3-2-4-7-17/h2-4,6-7,11,13-14,16,19H,5,8-10,12H2,1H3,(H2,28,30)(H,29,32). The molecule has 1 aliphatic rings. The van der Waals surface area contributed by atoms with Crippen LogP contribution < -0.4 is 10.0 Å². The molecule has 1 amide bonds. The Morgan fingerprint density at radius 3 is 2.88 bits per heavy atom. The fraction of sp³-hybridized carbons (Fsp3) is 0.280.